The fourth-order valence-electron chi connectivity index (χ4n) is 1.79. The van der Waals surface area contributed by atoms with Gasteiger partial charge in [-0.25, -0.2) is 4.98 Å². The Morgan fingerprint density at radius 1 is 1.32 bits per heavy atom. The lowest BCUT2D eigenvalue weighted by molar-refractivity contribution is 0.0957. The molecular formula is C14H15ClN2OS. The number of halogens is 1. The number of hydrogen-bond acceptors (Lipinski definition) is 3. The van der Waals surface area contributed by atoms with Gasteiger partial charge in [-0.1, -0.05) is 23.7 Å². The Labute approximate surface area is 121 Å². The van der Waals surface area contributed by atoms with Crippen LogP contribution in [0.15, 0.2) is 24.3 Å². The van der Waals surface area contributed by atoms with E-state index in [1.807, 2.05) is 38.1 Å². The largest absolute Gasteiger partial charge is 0.351 e. The van der Waals surface area contributed by atoms with Gasteiger partial charge in [-0.05, 0) is 38.0 Å². The van der Waals surface area contributed by atoms with Gasteiger partial charge in [0.05, 0.1) is 10.7 Å². The topological polar surface area (TPSA) is 42.0 Å². The van der Waals surface area contributed by atoms with E-state index in [0.29, 0.717) is 11.4 Å². The van der Waals surface area contributed by atoms with Gasteiger partial charge < -0.3 is 5.32 Å². The molecule has 0 fully saturated rings. The summed E-state index contributed by atoms with van der Waals surface area (Å²) < 4.78 is 0. The SMILES string of the molecule is Cc1nc(C)c(C(=O)NCCc2ccc(Cl)cc2)s1. The molecule has 19 heavy (non-hydrogen) atoms. The van der Waals surface area contributed by atoms with E-state index in [2.05, 4.69) is 10.3 Å². The average Bonchev–Trinajstić information content (AvgIpc) is 2.71. The van der Waals surface area contributed by atoms with E-state index < -0.39 is 0 Å². The van der Waals surface area contributed by atoms with Gasteiger partial charge in [0, 0.05) is 11.6 Å². The summed E-state index contributed by atoms with van der Waals surface area (Å²) in [6.07, 6.45) is 0.791. The molecule has 1 aromatic heterocycles. The molecule has 5 heteroatoms. The number of nitrogens with one attached hydrogen (secondary N) is 1. The van der Waals surface area contributed by atoms with Gasteiger partial charge in [0.25, 0.3) is 5.91 Å². The lowest BCUT2D eigenvalue weighted by Gasteiger charge is -2.04. The molecule has 0 aliphatic heterocycles. The van der Waals surface area contributed by atoms with E-state index >= 15 is 0 Å². The molecule has 2 rings (SSSR count). The Bertz CT molecular complexity index is 578. The van der Waals surface area contributed by atoms with Crippen LogP contribution in [0.25, 0.3) is 0 Å². The van der Waals surface area contributed by atoms with E-state index in [1.165, 1.54) is 11.3 Å². The summed E-state index contributed by atoms with van der Waals surface area (Å²) in [5.41, 5.74) is 1.95. The van der Waals surface area contributed by atoms with Gasteiger partial charge in [-0.15, -0.1) is 11.3 Å². The highest BCUT2D eigenvalue weighted by atomic mass is 35.5. The first kappa shape index (κ1) is 14.0. The predicted molar refractivity (Wildman–Crippen MR) is 79.1 cm³/mol. The smallest absolute Gasteiger partial charge is 0.263 e. The van der Waals surface area contributed by atoms with E-state index in [-0.39, 0.29) is 5.91 Å². The van der Waals surface area contributed by atoms with E-state index in [9.17, 15) is 4.79 Å². The van der Waals surface area contributed by atoms with Crippen molar-refractivity contribution in [3.8, 4) is 0 Å². The van der Waals surface area contributed by atoms with Crippen LogP contribution in [0.1, 0.15) is 25.9 Å². The van der Waals surface area contributed by atoms with Crippen LogP contribution in [0, 0.1) is 13.8 Å². The highest BCUT2D eigenvalue weighted by Gasteiger charge is 2.12. The molecule has 1 N–H and O–H groups in total. The van der Waals surface area contributed by atoms with Crippen molar-refractivity contribution in [3.63, 3.8) is 0 Å². The minimum atomic E-state index is -0.0444. The number of carbonyl (C=O) groups is 1. The van der Waals surface area contributed by atoms with E-state index in [4.69, 9.17) is 11.6 Å². The first-order chi connectivity index (χ1) is 9.06. The van der Waals surface area contributed by atoms with Crippen molar-refractivity contribution in [1.82, 2.24) is 10.3 Å². The van der Waals surface area contributed by atoms with Gasteiger partial charge in [0.1, 0.15) is 4.88 Å². The average molecular weight is 295 g/mol. The second kappa shape index (κ2) is 6.17. The van der Waals surface area contributed by atoms with Gasteiger partial charge in [0.15, 0.2) is 0 Å². The summed E-state index contributed by atoms with van der Waals surface area (Å²) in [6, 6.07) is 7.65. The zero-order valence-electron chi connectivity index (χ0n) is 10.9. The fourth-order valence-corrected chi connectivity index (χ4v) is 2.76. The van der Waals surface area contributed by atoms with Crippen LogP contribution >= 0.6 is 22.9 Å². The molecule has 100 valence electrons. The molecule has 0 spiro atoms. The Kier molecular flexibility index (Phi) is 4.56. The molecule has 0 aliphatic carbocycles. The normalized spacial score (nSPS) is 10.5. The third-order valence-corrected chi connectivity index (χ3v) is 4.05. The van der Waals surface area contributed by atoms with Crippen molar-refractivity contribution in [1.29, 1.82) is 0 Å². The van der Waals surface area contributed by atoms with Gasteiger partial charge in [-0.3, -0.25) is 4.79 Å². The summed E-state index contributed by atoms with van der Waals surface area (Å²) in [5, 5.41) is 4.56. The molecule has 0 saturated heterocycles. The number of hydrogen-bond donors (Lipinski definition) is 1. The van der Waals surface area contributed by atoms with Crippen molar-refractivity contribution in [2.24, 2.45) is 0 Å². The zero-order valence-corrected chi connectivity index (χ0v) is 12.4. The minimum absolute atomic E-state index is 0.0444. The number of benzene rings is 1. The molecule has 0 aliphatic rings. The maximum atomic E-state index is 12.0. The Morgan fingerprint density at radius 3 is 2.58 bits per heavy atom. The quantitative estimate of drug-likeness (QED) is 0.939. The molecule has 2 aromatic rings. The van der Waals surface area contributed by atoms with Gasteiger partial charge in [-0.2, -0.15) is 0 Å². The summed E-state index contributed by atoms with van der Waals surface area (Å²) in [5.74, 6) is -0.0444. The number of rotatable bonds is 4. The van der Waals surface area contributed by atoms with E-state index in [0.717, 1.165) is 27.7 Å². The van der Waals surface area contributed by atoms with E-state index in [1.54, 1.807) is 0 Å². The standard InChI is InChI=1S/C14H15ClN2OS/c1-9-13(19-10(2)17-9)14(18)16-8-7-11-3-5-12(15)6-4-11/h3-6H,7-8H2,1-2H3,(H,16,18). The van der Waals surface area contributed by atoms with Crippen LogP contribution in [0.4, 0.5) is 0 Å². The molecule has 0 saturated carbocycles. The maximum Gasteiger partial charge on any atom is 0.263 e. The van der Waals surface area contributed by atoms with Crippen molar-refractivity contribution in [2.75, 3.05) is 6.54 Å². The Hall–Kier alpha value is -1.39. The second-order valence-electron chi connectivity index (χ2n) is 4.28. The number of carbonyl (C=O) groups excluding carboxylic acids is 1. The van der Waals surface area contributed by atoms with Crippen LogP contribution in [0.3, 0.4) is 0 Å². The van der Waals surface area contributed by atoms with Crippen molar-refractivity contribution in [3.05, 3.63) is 50.4 Å². The monoisotopic (exact) mass is 294 g/mol. The van der Waals surface area contributed by atoms with Crippen LogP contribution in [0.5, 0.6) is 0 Å². The number of aryl methyl sites for hydroxylation is 2. The van der Waals surface area contributed by atoms with Gasteiger partial charge >= 0.3 is 0 Å². The summed E-state index contributed by atoms with van der Waals surface area (Å²) >= 11 is 7.25. The zero-order chi connectivity index (χ0) is 13.8. The molecule has 0 unspecified atom stereocenters. The summed E-state index contributed by atoms with van der Waals surface area (Å²) in [4.78, 5) is 16.9. The number of nitrogens with zero attached hydrogens (tertiary/aromatic N) is 1. The van der Waals surface area contributed by atoms with Crippen LogP contribution < -0.4 is 5.32 Å². The predicted octanol–water partition coefficient (Wildman–Crippen LogP) is 3.39. The second-order valence-corrected chi connectivity index (χ2v) is 5.92. The minimum Gasteiger partial charge on any atom is -0.351 e. The number of amides is 1. The molecule has 1 amide bonds. The van der Waals surface area contributed by atoms with Crippen LogP contribution in [0.2, 0.25) is 5.02 Å². The van der Waals surface area contributed by atoms with Crippen molar-refractivity contribution >= 4 is 28.8 Å². The highest BCUT2D eigenvalue weighted by Crippen LogP contribution is 2.16. The molecular weight excluding hydrogens is 280 g/mol. The van der Waals surface area contributed by atoms with Crippen LogP contribution in [-0.4, -0.2) is 17.4 Å². The molecule has 0 radical (unpaired) electrons. The highest BCUT2D eigenvalue weighted by molar-refractivity contribution is 7.13. The lowest BCUT2D eigenvalue weighted by Crippen LogP contribution is -2.25. The Morgan fingerprint density at radius 2 is 2.00 bits per heavy atom. The molecule has 0 atom stereocenters. The summed E-state index contributed by atoms with van der Waals surface area (Å²) in [7, 11) is 0. The third kappa shape index (κ3) is 3.78. The van der Waals surface area contributed by atoms with Crippen LogP contribution in [-0.2, 0) is 6.42 Å². The Balaban J connectivity index is 1.87. The first-order valence-electron chi connectivity index (χ1n) is 6.03. The molecule has 3 nitrogen and oxygen atoms in total. The third-order valence-electron chi connectivity index (χ3n) is 2.72. The lowest BCUT2D eigenvalue weighted by atomic mass is 10.1. The molecule has 1 heterocycles. The van der Waals surface area contributed by atoms with Crippen molar-refractivity contribution in [2.45, 2.75) is 20.3 Å². The number of thiazole rings is 1. The first-order valence-corrected chi connectivity index (χ1v) is 7.22. The fraction of sp³-hybridized carbons (Fsp3) is 0.286. The number of aromatic nitrogens is 1. The summed E-state index contributed by atoms with van der Waals surface area (Å²) in [6.45, 7) is 4.37. The van der Waals surface area contributed by atoms with Gasteiger partial charge in [0.2, 0.25) is 0 Å². The maximum absolute atomic E-state index is 12.0. The molecule has 1 aromatic carbocycles. The van der Waals surface area contributed by atoms with Crippen molar-refractivity contribution < 1.29 is 4.79 Å². The molecule has 0 bridgehead atoms.